The fourth-order valence-corrected chi connectivity index (χ4v) is 1.70. The predicted octanol–water partition coefficient (Wildman–Crippen LogP) is 1.86. The Morgan fingerprint density at radius 1 is 1.22 bits per heavy atom. The number of pyridine rings is 1. The van der Waals surface area contributed by atoms with Crippen molar-refractivity contribution in [1.29, 1.82) is 0 Å². The average molecular weight is 242 g/mol. The van der Waals surface area contributed by atoms with Crippen LogP contribution in [0.1, 0.15) is 11.1 Å². The van der Waals surface area contributed by atoms with Crippen molar-refractivity contribution in [2.75, 3.05) is 5.32 Å². The summed E-state index contributed by atoms with van der Waals surface area (Å²) in [6.45, 7) is 1.96. The first-order valence-corrected chi connectivity index (χ1v) is 5.69. The number of nitrogens with one attached hydrogen (secondary N) is 2. The van der Waals surface area contributed by atoms with Gasteiger partial charge in [0, 0.05) is 6.20 Å². The number of carbonyl (C=O) groups is 1. The second kappa shape index (κ2) is 5.31. The van der Waals surface area contributed by atoms with Gasteiger partial charge in [-0.2, -0.15) is 0 Å². The normalized spacial score (nSPS) is 10.1. The Morgan fingerprint density at radius 3 is 2.72 bits per heavy atom. The molecular weight excluding hydrogens is 228 g/mol. The lowest BCUT2D eigenvalue weighted by Crippen LogP contribution is -2.21. The zero-order chi connectivity index (χ0) is 13.0. The van der Waals surface area contributed by atoms with E-state index < -0.39 is 0 Å². The minimum atomic E-state index is -0.296. The summed E-state index contributed by atoms with van der Waals surface area (Å²) in [7, 11) is 0. The maximum absolute atomic E-state index is 11.8. The zero-order valence-electron chi connectivity index (χ0n) is 10.1. The highest BCUT2D eigenvalue weighted by Gasteiger charge is 2.07. The Hall–Kier alpha value is -2.36. The minimum absolute atomic E-state index is 0.194. The standard InChI is InChI=1S/C14H14N2O2/c1-10-5-2-3-6-11(10)9-13(17)16-12-7-4-8-15-14(12)18/h2-8H,9H2,1H3,(H,15,18)(H,16,17). The van der Waals surface area contributed by atoms with E-state index in [9.17, 15) is 9.59 Å². The molecule has 0 radical (unpaired) electrons. The van der Waals surface area contributed by atoms with Crippen LogP contribution in [0.15, 0.2) is 47.4 Å². The number of aromatic amines is 1. The molecule has 92 valence electrons. The predicted molar refractivity (Wildman–Crippen MR) is 70.6 cm³/mol. The van der Waals surface area contributed by atoms with Gasteiger partial charge in [-0.1, -0.05) is 24.3 Å². The summed E-state index contributed by atoms with van der Waals surface area (Å²) >= 11 is 0. The minimum Gasteiger partial charge on any atom is -0.327 e. The van der Waals surface area contributed by atoms with Crippen LogP contribution < -0.4 is 10.9 Å². The van der Waals surface area contributed by atoms with Gasteiger partial charge in [0.05, 0.1) is 6.42 Å². The molecule has 2 N–H and O–H groups in total. The second-order valence-corrected chi connectivity index (χ2v) is 4.06. The average Bonchev–Trinajstić information content (AvgIpc) is 2.35. The molecule has 1 aromatic heterocycles. The van der Waals surface area contributed by atoms with Gasteiger partial charge in [0.2, 0.25) is 5.91 Å². The molecule has 0 spiro atoms. The zero-order valence-corrected chi connectivity index (χ0v) is 10.1. The fourth-order valence-electron chi connectivity index (χ4n) is 1.70. The third-order valence-electron chi connectivity index (χ3n) is 2.70. The Kier molecular flexibility index (Phi) is 3.57. The summed E-state index contributed by atoms with van der Waals surface area (Å²) in [5.41, 5.74) is 2.00. The molecule has 0 saturated carbocycles. The van der Waals surface area contributed by atoms with Gasteiger partial charge in [-0.3, -0.25) is 9.59 Å². The summed E-state index contributed by atoms with van der Waals surface area (Å²) in [6.07, 6.45) is 1.79. The van der Waals surface area contributed by atoms with Gasteiger partial charge in [0.15, 0.2) is 0 Å². The van der Waals surface area contributed by atoms with Crippen molar-refractivity contribution in [3.05, 3.63) is 64.1 Å². The highest BCUT2D eigenvalue weighted by atomic mass is 16.2. The van der Waals surface area contributed by atoms with Gasteiger partial charge in [-0.05, 0) is 30.2 Å². The molecule has 4 nitrogen and oxygen atoms in total. The van der Waals surface area contributed by atoms with E-state index in [1.807, 2.05) is 31.2 Å². The van der Waals surface area contributed by atoms with Crippen molar-refractivity contribution in [3.63, 3.8) is 0 Å². The molecule has 1 heterocycles. The third kappa shape index (κ3) is 2.85. The van der Waals surface area contributed by atoms with Gasteiger partial charge in [-0.25, -0.2) is 0 Å². The SMILES string of the molecule is Cc1ccccc1CC(=O)Nc1ccc[nH]c1=O. The second-order valence-electron chi connectivity index (χ2n) is 4.06. The summed E-state index contributed by atoms with van der Waals surface area (Å²) < 4.78 is 0. The van der Waals surface area contributed by atoms with Crippen LogP contribution in [0.2, 0.25) is 0 Å². The van der Waals surface area contributed by atoms with Gasteiger partial charge in [-0.15, -0.1) is 0 Å². The van der Waals surface area contributed by atoms with Crippen LogP contribution in [-0.2, 0) is 11.2 Å². The monoisotopic (exact) mass is 242 g/mol. The number of anilines is 1. The number of benzene rings is 1. The van der Waals surface area contributed by atoms with Crippen LogP contribution in [-0.4, -0.2) is 10.9 Å². The number of carbonyl (C=O) groups excluding carboxylic acids is 1. The summed E-state index contributed by atoms with van der Waals surface area (Å²) in [4.78, 5) is 25.7. The Balaban J connectivity index is 2.09. The van der Waals surface area contributed by atoms with Crippen LogP contribution in [0.5, 0.6) is 0 Å². The van der Waals surface area contributed by atoms with E-state index >= 15 is 0 Å². The van der Waals surface area contributed by atoms with E-state index in [-0.39, 0.29) is 23.6 Å². The van der Waals surface area contributed by atoms with Crippen molar-refractivity contribution in [3.8, 4) is 0 Å². The molecule has 0 fully saturated rings. The maximum Gasteiger partial charge on any atom is 0.271 e. The Bertz CT molecular complexity index is 617. The number of aryl methyl sites for hydroxylation is 1. The number of rotatable bonds is 3. The topological polar surface area (TPSA) is 62.0 Å². The molecule has 0 atom stereocenters. The molecule has 0 aliphatic heterocycles. The third-order valence-corrected chi connectivity index (χ3v) is 2.70. The van der Waals surface area contributed by atoms with Crippen molar-refractivity contribution in [1.82, 2.24) is 4.98 Å². The molecule has 2 aromatic rings. The van der Waals surface area contributed by atoms with Crippen LogP contribution in [0, 0.1) is 6.92 Å². The van der Waals surface area contributed by atoms with Gasteiger partial charge >= 0.3 is 0 Å². The van der Waals surface area contributed by atoms with E-state index in [0.29, 0.717) is 0 Å². The number of hydrogen-bond donors (Lipinski definition) is 2. The van der Waals surface area contributed by atoms with E-state index in [1.165, 1.54) is 6.20 Å². The Morgan fingerprint density at radius 2 is 2.00 bits per heavy atom. The molecule has 0 unspecified atom stereocenters. The van der Waals surface area contributed by atoms with Crippen molar-refractivity contribution < 1.29 is 4.79 Å². The fraction of sp³-hybridized carbons (Fsp3) is 0.143. The van der Waals surface area contributed by atoms with Gasteiger partial charge in [0.25, 0.3) is 5.56 Å². The van der Waals surface area contributed by atoms with E-state index in [1.54, 1.807) is 12.1 Å². The molecule has 0 bridgehead atoms. The number of amides is 1. The highest BCUT2D eigenvalue weighted by molar-refractivity contribution is 5.92. The lowest BCUT2D eigenvalue weighted by Gasteiger charge is -2.06. The molecule has 1 aromatic carbocycles. The smallest absolute Gasteiger partial charge is 0.271 e. The highest BCUT2D eigenvalue weighted by Crippen LogP contribution is 2.08. The van der Waals surface area contributed by atoms with Crippen LogP contribution in [0.3, 0.4) is 0 Å². The molecule has 2 rings (SSSR count). The molecular formula is C14H14N2O2. The molecule has 0 aliphatic carbocycles. The van der Waals surface area contributed by atoms with E-state index in [2.05, 4.69) is 10.3 Å². The van der Waals surface area contributed by atoms with Crippen LogP contribution >= 0.6 is 0 Å². The largest absolute Gasteiger partial charge is 0.327 e. The van der Waals surface area contributed by atoms with Crippen molar-refractivity contribution in [2.45, 2.75) is 13.3 Å². The number of aromatic nitrogens is 1. The molecule has 0 aliphatic rings. The van der Waals surface area contributed by atoms with Crippen molar-refractivity contribution >= 4 is 11.6 Å². The van der Waals surface area contributed by atoms with Gasteiger partial charge in [0.1, 0.15) is 5.69 Å². The molecule has 4 heteroatoms. The molecule has 1 amide bonds. The summed E-state index contributed by atoms with van der Waals surface area (Å²) in [6, 6.07) is 10.9. The quantitative estimate of drug-likeness (QED) is 0.863. The van der Waals surface area contributed by atoms with Crippen molar-refractivity contribution in [2.24, 2.45) is 0 Å². The first-order valence-electron chi connectivity index (χ1n) is 5.69. The first-order chi connectivity index (χ1) is 8.66. The molecule has 0 saturated heterocycles. The lowest BCUT2D eigenvalue weighted by molar-refractivity contribution is -0.115. The van der Waals surface area contributed by atoms with Gasteiger partial charge < -0.3 is 10.3 Å². The first kappa shape index (κ1) is 12.1. The number of hydrogen-bond acceptors (Lipinski definition) is 2. The molecule has 18 heavy (non-hydrogen) atoms. The summed E-state index contributed by atoms with van der Waals surface area (Å²) in [5, 5.41) is 2.60. The van der Waals surface area contributed by atoms with E-state index in [4.69, 9.17) is 0 Å². The van der Waals surface area contributed by atoms with Crippen LogP contribution in [0.4, 0.5) is 5.69 Å². The summed E-state index contributed by atoms with van der Waals surface area (Å²) in [5.74, 6) is -0.194. The Labute approximate surface area is 105 Å². The van der Waals surface area contributed by atoms with Crippen LogP contribution in [0.25, 0.3) is 0 Å². The maximum atomic E-state index is 11.8. The number of H-pyrrole nitrogens is 1. The van der Waals surface area contributed by atoms with E-state index in [0.717, 1.165) is 11.1 Å². The lowest BCUT2D eigenvalue weighted by atomic mass is 10.1.